The molecule has 1 amide bonds. The molecule has 0 aliphatic carbocycles. The van der Waals surface area contributed by atoms with Gasteiger partial charge >= 0.3 is 0 Å². The molecule has 2 atom stereocenters. The minimum absolute atomic E-state index is 0.0427. The molecule has 2 aliphatic rings. The number of nitrogens with one attached hydrogen (secondary N) is 1. The van der Waals surface area contributed by atoms with Crippen LogP contribution >= 0.6 is 11.6 Å². The second kappa shape index (κ2) is 10.3. The van der Waals surface area contributed by atoms with Crippen molar-refractivity contribution in [2.24, 2.45) is 0 Å². The molecule has 0 saturated carbocycles. The number of halogens is 1. The molecule has 0 bridgehead atoms. The Balaban J connectivity index is 1.68. The van der Waals surface area contributed by atoms with Crippen molar-refractivity contribution >= 4 is 29.4 Å². The molecule has 29 heavy (non-hydrogen) atoms. The number of aliphatic hydroxyl groups is 1. The molecule has 1 aromatic carbocycles. The van der Waals surface area contributed by atoms with E-state index in [0.717, 1.165) is 12.1 Å². The van der Waals surface area contributed by atoms with E-state index >= 15 is 0 Å². The minimum Gasteiger partial charge on any atom is -0.393 e. The van der Waals surface area contributed by atoms with E-state index < -0.39 is 0 Å². The topological polar surface area (TPSA) is 72.9 Å². The Morgan fingerprint density at radius 3 is 2.83 bits per heavy atom. The SMILES string of the molecule is CC1C(=O)NCCN1CCC(C(=O)/C=C/c1cccc(Cl)c1)N1CCC(O)CC1. The lowest BCUT2D eigenvalue weighted by Gasteiger charge is -2.37. The second-order valence-electron chi connectivity index (χ2n) is 7.87. The van der Waals surface area contributed by atoms with Gasteiger partial charge in [-0.25, -0.2) is 0 Å². The Labute approximate surface area is 177 Å². The molecule has 3 rings (SSSR count). The predicted octanol–water partition coefficient (Wildman–Crippen LogP) is 1.96. The Morgan fingerprint density at radius 1 is 1.34 bits per heavy atom. The normalized spacial score (nSPS) is 23.3. The van der Waals surface area contributed by atoms with Crippen molar-refractivity contribution in [2.75, 3.05) is 32.7 Å². The number of hydrogen-bond donors (Lipinski definition) is 2. The summed E-state index contributed by atoms with van der Waals surface area (Å²) in [5, 5.41) is 13.3. The van der Waals surface area contributed by atoms with Crippen molar-refractivity contribution < 1.29 is 14.7 Å². The van der Waals surface area contributed by atoms with Gasteiger partial charge in [-0.3, -0.25) is 19.4 Å². The van der Waals surface area contributed by atoms with Crippen LogP contribution in [-0.4, -0.2) is 77.5 Å². The van der Waals surface area contributed by atoms with E-state index in [1.165, 1.54) is 0 Å². The number of nitrogens with zero attached hydrogens (tertiary/aromatic N) is 2. The van der Waals surface area contributed by atoms with Gasteiger partial charge < -0.3 is 10.4 Å². The first kappa shape index (κ1) is 22.0. The van der Waals surface area contributed by atoms with Crippen molar-refractivity contribution in [1.82, 2.24) is 15.1 Å². The standard InChI is InChI=1S/C22H30ClN3O3/c1-16-22(29)24-10-14-25(16)13-9-20(26-11-7-19(27)8-12-26)21(28)6-5-17-3-2-4-18(23)15-17/h2-6,15-16,19-20,27H,7-14H2,1H3,(H,24,29)/b6-5+. The van der Waals surface area contributed by atoms with Gasteiger partial charge in [-0.2, -0.15) is 0 Å². The van der Waals surface area contributed by atoms with Gasteiger partial charge in [-0.05, 0) is 50.0 Å². The summed E-state index contributed by atoms with van der Waals surface area (Å²) in [7, 11) is 0. The van der Waals surface area contributed by atoms with Crippen LogP contribution in [0.3, 0.4) is 0 Å². The number of carbonyl (C=O) groups is 2. The highest BCUT2D eigenvalue weighted by Gasteiger charge is 2.31. The lowest BCUT2D eigenvalue weighted by Crippen LogP contribution is -2.55. The zero-order chi connectivity index (χ0) is 20.8. The highest BCUT2D eigenvalue weighted by atomic mass is 35.5. The fourth-order valence-corrected chi connectivity index (χ4v) is 4.22. The van der Waals surface area contributed by atoms with Gasteiger partial charge in [0.2, 0.25) is 5.91 Å². The number of rotatable bonds is 7. The van der Waals surface area contributed by atoms with Gasteiger partial charge in [-0.1, -0.05) is 29.8 Å². The molecule has 2 heterocycles. The smallest absolute Gasteiger partial charge is 0.237 e. The molecule has 0 radical (unpaired) electrons. The lowest BCUT2D eigenvalue weighted by molar-refractivity contribution is -0.128. The van der Waals surface area contributed by atoms with Gasteiger partial charge in [-0.15, -0.1) is 0 Å². The highest BCUT2D eigenvalue weighted by Crippen LogP contribution is 2.19. The average Bonchev–Trinajstić information content (AvgIpc) is 2.71. The number of likely N-dealkylation sites (tertiary alicyclic amines) is 1. The maximum Gasteiger partial charge on any atom is 0.237 e. The van der Waals surface area contributed by atoms with Gasteiger partial charge in [0.15, 0.2) is 5.78 Å². The third-order valence-electron chi connectivity index (χ3n) is 5.87. The molecule has 158 valence electrons. The van der Waals surface area contributed by atoms with Crippen LogP contribution in [0.4, 0.5) is 0 Å². The van der Waals surface area contributed by atoms with Crippen molar-refractivity contribution in [3.05, 3.63) is 40.9 Å². The summed E-state index contributed by atoms with van der Waals surface area (Å²) in [5.41, 5.74) is 0.889. The molecule has 2 fully saturated rings. The number of carbonyl (C=O) groups excluding carboxylic acids is 2. The molecule has 2 unspecified atom stereocenters. The average molecular weight is 420 g/mol. The van der Waals surface area contributed by atoms with E-state index in [-0.39, 0.29) is 29.9 Å². The number of amides is 1. The van der Waals surface area contributed by atoms with Crippen LogP contribution < -0.4 is 5.32 Å². The molecule has 2 saturated heterocycles. The number of piperidine rings is 1. The van der Waals surface area contributed by atoms with Gasteiger partial charge in [0.05, 0.1) is 18.2 Å². The summed E-state index contributed by atoms with van der Waals surface area (Å²) in [5.74, 6) is 0.0940. The number of benzene rings is 1. The third kappa shape index (κ3) is 6.12. The van der Waals surface area contributed by atoms with Gasteiger partial charge in [0, 0.05) is 37.7 Å². The minimum atomic E-state index is -0.283. The Bertz CT molecular complexity index is 747. The van der Waals surface area contributed by atoms with Gasteiger partial charge in [0.25, 0.3) is 0 Å². The molecule has 0 spiro atoms. The van der Waals surface area contributed by atoms with Crippen molar-refractivity contribution in [2.45, 2.75) is 44.4 Å². The monoisotopic (exact) mass is 419 g/mol. The second-order valence-corrected chi connectivity index (χ2v) is 8.30. The van der Waals surface area contributed by atoms with Crippen LogP contribution in [-0.2, 0) is 9.59 Å². The third-order valence-corrected chi connectivity index (χ3v) is 6.11. The maximum atomic E-state index is 13.1. The van der Waals surface area contributed by atoms with Crippen LogP contribution in [0, 0.1) is 0 Å². The molecule has 6 nitrogen and oxygen atoms in total. The van der Waals surface area contributed by atoms with Gasteiger partial charge in [0.1, 0.15) is 0 Å². The van der Waals surface area contributed by atoms with E-state index in [4.69, 9.17) is 11.6 Å². The Morgan fingerprint density at radius 2 is 2.10 bits per heavy atom. The van der Waals surface area contributed by atoms with Crippen LogP contribution in [0.2, 0.25) is 5.02 Å². The number of hydrogen-bond acceptors (Lipinski definition) is 5. The van der Waals surface area contributed by atoms with Crippen molar-refractivity contribution in [3.8, 4) is 0 Å². The fraction of sp³-hybridized carbons (Fsp3) is 0.545. The first-order valence-electron chi connectivity index (χ1n) is 10.4. The summed E-state index contributed by atoms with van der Waals surface area (Å²) in [6, 6.07) is 6.97. The molecular formula is C22H30ClN3O3. The molecule has 0 aromatic heterocycles. The summed E-state index contributed by atoms with van der Waals surface area (Å²) in [6.07, 6.45) is 5.18. The summed E-state index contributed by atoms with van der Waals surface area (Å²) in [4.78, 5) is 29.3. The van der Waals surface area contributed by atoms with Crippen LogP contribution in [0.5, 0.6) is 0 Å². The first-order chi connectivity index (χ1) is 13.9. The lowest BCUT2D eigenvalue weighted by atomic mass is 9.99. The molecule has 1 aromatic rings. The molecule has 2 N–H and O–H groups in total. The summed E-state index contributed by atoms with van der Waals surface area (Å²) >= 11 is 6.03. The van der Waals surface area contributed by atoms with Crippen LogP contribution in [0.25, 0.3) is 6.08 Å². The summed E-state index contributed by atoms with van der Waals surface area (Å²) < 4.78 is 0. The Hall–Kier alpha value is -1.73. The zero-order valence-corrected chi connectivity index (χ0v) is 17.6. The molecular weight excluding hydrogens is 390 g/mol. The van der Waals surface area contributed by atoms with E-state index in [1.54, 1.807) is 18.2 Å². The molecule has 7 heteroatoms. The number of aliphatic hydroxyl groups excluding tert-OH is 1. The Kier molecular flexibility index (Phi) is 7.84. The van der Waals surface area contributed by atoms with Crippen LogP contribution in [0.1, 0.15) is 31.7 Å². The quantitative estimate of drug-likeness (QED) is 0.661. The number of piperazine rings is 1. The van der Waals surface area contributed by atoms with Crippen molar-refractivity contribution in [3.63, 3.8) is 0 Å². The van der Waals surface area contributed by atoms with E-state index in [1.807, 2.05) is 25.1 Å². The zero-order valence-electron chi connectivity index (χ0n) is 16.9. The van der Waals surface area contributed by atoms with Crippen LogP contribution in [0.15, 0.2) is 30.3 Å². The predicted molar refractivity (Wildman–Crippen MR) is 115 cm³/mol. The largest absolute Gasteiger partial charge is 0.393 e. The van der Waals surface area contributed by atoms with E-state index in [0.29, 0.717) is 50.5 Å². The van der Waals surface area contributed by atoms with E-state index in [2.05, 4.69) is 15.1 Å². The highest BCUT2D eigenvalue weighted by molar-refractivity contribution is 6.30. The fourth-order valence-electron chi connectivity index (χ4n) is 4.03. The summed E-state index contributed by atoms with van der Waals surface area (Å²) in [6.45, 7) is 5.45. The van der Waals surface area contributed by atoms with Crippen molar-refractivity contribution in [1.29, 1.82) is 0 Å². The maximum absolute atomic E-state index is 13.1. The first-order valence-corrected chi connectivity index (χ1v) is 10.7. The number of ketones is 1. The van der Waals surface area contributed by atoms with E-state index in [9.17, 15) is 14.7 Å². The molecule has 2 aliphatic heterocycles.